The van der Waals surface area contributed by atoms with Gasteiger partial charge in [-0.15, -0.1) is 0 Å². The Balaban J connectivity index is 1.14. The number of ether oxygens (including phenoxy) is 2. The highest BCUT2D eigenvalue weighted by atomic mass is 16.5. The minimum Gasteiger partial charge on any atom is -0.497 e. The van der Waals surface area contributed by atoms with Crippen LogP contribution in [0.4, 0.5) is 5.95 Å². The zero-order chi connectivity index (χ0) is 22.0. The molecule has 2 amide bonds. The third kappa shape index (κ3) is 2.78. The second kappa shape index (κ2) is 6.98. The van der Waals surface area contributed by atoms with E-state index in [9.17, 15) is 14.4 Å². The lowest BCUT2D eigenvalue weighted by atomic mass is 9.63. The molecule has 1 saturated heterocycles. The summed E-state index contributed by atoms with van der Waals surface area (Å²) in [5, 5.41) is 0. The second-order valence-corrected chi connectivity index (χ2v) is 8.83. The van der Waals surface area contributed by atoms with Crippen molar-refractivity contribution >= 4 is 23.5 Å². The van der Waals surface area contributed by atoms with E-state index in [1.165, 1.54) is 12.4 Å². The van der Waals surface area contributed by atoms with Gasteiger partial charge in [-0.2, -0.15) is 0 Å². The lowest BCUT2D eigenvalue weighted by Gasteiger charge is -2.37. The van der Waals surface area contributed by atoms with Gasteiger partial charge in [-0.1, -0.05) is 12.2 Å². The maximum atomic E-state index is 13.1. The summed E-state index contributed by atoms with van der Waals surface area (Å²) in [6.45, 7) is -0.182. The van der Waals surface area contributed by atoms with E-state index in [1.54, 1.807) is 31.4 Å². The number of Topliss-reactive ketones (excluding diaryl/α,β-unsaturated/α-hetero) is 1. The molecule has 162 valence electrons. The number of carbonyl (C=O) groups is 3. The van der Waals surface area contributed by atoms with Gasteiger partial charge in [0.2, 0.25) is 17.8 Å². The molecule has 2 aromatic rings. The smallest absolute Gasteiger partial charge is 0.240 e. The Morgan fingerprint density at radius 3 is 2.12 bits per heavy atom. The SMILES string of the molecule is COc1ccc(C(=O)COc2cnc(N3C(=O)C4C(C3=O)[C@@H]3C=CC4[C@H]4CC34)nc2)cc1. The highest BCUT2D eigenvalue weighted by molar-refractivity contribution is 6.21. The Kier molecular flexibility index (Phi) is 4.18. The first-order valence-corrected chi connectivity index (χ1v) is 10.7. The molecule has 1 aliphatic heterocycles. The van der Waals surface area contributed by atoms with E-state index in [0.717, 1.165) is 11.3 Å². The first-order chi connectivity index (χ1) is 15.6. The zero-order valence-electron chi connectivity index (χ0n) is 17.4. The molecular formula is C24H21N3O5. The first kappa shape index (κ1) is 19.2. The molecule has 2 heterocycles. The molecule has 0 N–H and O–H groups in total. The van der Waals surface area contributed by atoms with Gasteiger partial charge in [-0.05, 0) is 54.4 Å². The number of rotatable bonds is 6. The number of imide groups is 1. The van der Waals surface area contributed by atoms with Crippen LogP contribution in [0.1, 0.15) is 16.8 Å². The van der Waals surface area contributed by atoms with E-state index in [1.807, 2.05) is 0 Å². The fourth-order valence-corrected chi connectivity index (χ4v) is 5.66. The van der Waals surface area contributed by atoms with Gasteiger partial charge in [-0.3, -0.25) is 14.4 Å². The Morgan fingerprint density at radius 1 is 0.969 bits per heavy atom. The Morgan fingerprint density at radius 2 is 1.56 bits per heavy atom. The van der Waals surface area contributed by atoms with E-state index >= 15 is 0 Å². The lowest BCUT2D eigenvalue weighted by molar-refractivity contribution is -0.124. The number of hydrogen-bond donors (Lipinski definition) is 0. The number of hydrogen-bond acceptors (Lipinski definition) is 7. The number of methoxy groups -OCH3 is 1. The summed E-state index contributed by atoms with van der Waals surface area (Å²) in [7, 11) is 1.56. The average molecular weight is 431 g/mol. The first-order valence-electron chi connectivity index (χ1n) is 10.7. The zero-order valence-corrected chi connectivity index (χ0v) is 17.4. The van der Waals surface area contributed by atoms with E-state index in [4.69, 9.17) is 9.47 Å². The summed E-state index contributed by atoms with van der Waals surface area (Å²) in [5.74, 6) is 1.24. The van der Waals surface area contributed by atoms with Crippen molar-refractivity contribution in [1.29, 1.82) is 0 Å². The van der Waals surface area contributed by atoms with Gasteiger partial charge >= 0.3 is 0 Å². The van der Waals surface area contributed by atoms with Crippen molar-refractivity contribution in [1.82, 2.24) is 9.97 Å². The molecule has 5 aliphatic rings. The molecule has 4 unspecified atom stereocenters. The van der Waals surface area contributed by atoms with Gasteiger partial charge in [0.05, 0.1) is 31.3 Å². The van der Waals surface area contributed by atoms with Gasteiger partial charge < -0.3 is 9.47 Å². The van der Waals surface area contributed by atoms with Gasteiger partial charge in [0, 0.05) is 5.56 Å². The van der Waals surface area contributed by atoms with Crippen LogP contribution in [0, 0.1) is 35.5 Å². The molecule has 0 spiro atoms. The summed E-state index contributed by atoms with van der Waals surface area (Å²) in [4.78, 5) is 48.1. The summed E-state index contributed by atoms with van der Waals surface area (Å²) < 4.78 is 10.6. The summed E-state index contributed by atoms with van der Waals surface area (Å²) in [6.07, 6.45) is 8.15. The van der Waals surface area contributed by atoms with E-state index in [0.29, 0.717) is 23.1 Å². The minimum absolute atomic E-state index is 0.0660. The number of benzene rings is 1. The van der Waals surface area contributed by atoms with Crippen LogP contribution in [0.5, 0.6) is 11.5 Å². The fourth-order valence-electron chi connectivity index (χ4n) is 5.66. The fraction of sp³-hybridized carbons (Fsp3) is 0.375. The molecule has 0 radical (unpaired) electrons. The van der Waals surface area contributed by atoms with Gasteiger partial charge in [0.15, 0.2) is 18.1 Å². The molecule has 6 atom stereocenters. The second-order valence-electron chi connectivity index (χ2n) is 8.83. The van der Waals surface area contributed by atoms with Crippen LogP contribution in [0.25, 0.3) is 0 Å². The predicted octanol–water partition coefficient (Wildman–Crippen LogP) is 2.30. The molecule has 2 saturated carbocycles. The average Bonchev–Trinajstić information content (AvgIpc) is 3.61. The molecule has 3 fully saturated rings. The van der Waals surface area contributed by atoms with Crippen LogP contribution in [-0.2, 0) is 9.59 Å². The summed E-state index contributed by atoms with van der Waals surface area (Å²) in [5.41, 5.74) is 0.500. The molecular weight excluding hydrogens is 410 g/mol. The van der Waals surface area contributed by atoms with Crippen molar-refractivity contribution < 1.29 is 23.9 Å². The minimum atomic E-state index is -0.289. The van der Waals surface area contributed by atoms with Crippen LogP contribution in [0.15, 0.2) is 48.8 Å². The van der Waals surface area contributed by atoms with Gasteiger partial charge in [-0.25, -0.2) is 14.9 Å². The number of anilines is 1. The van der Waals surface area contributed by atoms with Crippen LogP contribution in [-0.4, -0.2) is 41.3 Å². The third-order valence-corrected chi connectivity index (χ3v) is 7.26. The Hall–Kier alpha value is -3.55. The van der Waals surface area contributed by atoms with Gasteiger partial charge in [0.25, 0.3) is 0 Å². The molecule has 8 heteroatoms. The summed E-state index contributed by atoms with van der Waals surface area (Å²) in [6, 6.07) is 6.75. The Bertz CT molecular complexity index is 1110. The van der Waals surface area contributed by atoms with E-state index in [-0.39, 0.29) is 59.6 Å². The highest BCUT2D eigenvalue weighted by Gasteiger charge is 2.67. The standard InChI is InChI=1S/C24H21N3O5/c1-31-13-4-2-12(3-5-13)19(28)11-32-14-9-25-24(26-10-14)27-22(29)20-15-6-7-16(18-8-17(15)18)21(20)23(27)30/h2-7,9-10,15-18,20-21H,8,11H2,1H3/t15-,16?,17?,18-,20?,21?/m1/s1. The van der Waals surface area contributed by atoms with Crippen molar-refractivity contribution in [2.45, 2.75) is 6.42 Å². The maximum Gasteiger partial charge on any atom is 0.240 e. The van der Waals surface area contributed by atoms with Crippen molar-refractivity contribution in [2.24, 2.45) is 35.5 Å². The number of allylic oxidation sites excluding steroid dienone is 2. The third-order valence-electron chi connectivity index (χ3n) is 7.26. The molecule has 1 aromatic carbocycles. The molecule has 2 bridgehead atoms. The molecule has 4 aliphatic carbocycles. The topological polar surface area (TPSA) is 98.7 Å². The van der Waals surface area contributed by atoms with Crippen molar-refractivity contribution in [2.75, 3.05) is 18.6 Å². The van der Waals surface area contributed by atoms with Crippen LogP contribution in [0.2, 0.25) is 0 Å². The van der Waals surface area contributed by atoms with E-state index < -0.39 is 0 Å². The normalized spacial score (nSPS) is 31.3. The highest BCUT2D eigenvalue weighted by Crippen LogP contribution is 2.65. The number of nitrogens with zero attached hydrogens (tertiary/aromatic N) is 3. The molecule has 7 rings (SSSR count). The Labute approximate surface area is 184 Å². The number of amides is 2. The maximum absolute atomic E-state index is 13.1. The van der Waals surface area contributed by atoms with Crippen molar-refractivity contribution in [3.05, 3.63) is 54.4 Å². The quantitative estimate of drug-likeness (QED) is 0.393. The number of aromatic nitrogens is 2. The molecule has 32 heavy (non-hydrogen) atoms. The lowest BCUT2D eigenvalue weighted by Crippen LogP contribution is -2.40. The number of ketones is 1. The van der Waals surface area contributed by atoms with Crippen LogP contribution >= 0.6 is 0 Å². The number of carbonyl (C=O) groups excluding carboxylic acids is 3. The predicted molar refractivity (Wildman–Crippen MR) is 112 cm³/mol. The summed E-state index contributed by atoms with van der Waals surface area (Å²) >= 11 is 0. The van der Waals surface area contributed by atoms with Crippen molar-refractivity contribution in [3.8, 4) is 11.5 Å². The largest absolute Gasteiger partial charge is 0.497 e. The van der Waals surface area contributed by atoms with E-state index in [2.05, 4.69) is 22.1 Å². The molecule has 1 aromatic heterocycles. The van der Waals surface area contributed by atoms with Gasteiger partial charge in [0.1, 0.15) is 5.75 Å². The van der Waals surface area contributed by atoms with Crippen molar-refractivity contribution in [3.63, 3.8) is 0 Å². The monoisotopic (exact) mass is 431 g/mol. The van der Waals surface area contributed by atoms with Crippen LogP contribution in [0.3, 0.4) is 0 Å². The van der Waals surface area contributed by atoms with Crippen LogP contribution < -0.4 is 14.4 Å². The molecule has 8 nitrogen and oxygen atoms in total.